The second-order valence-corrected chi connectivity index (χ2v) is 20.0. The molecule has 0 aromatic carbocycles. The minimum absolute atomic E-state index is 0.0325. The van der Waals surface area contributed by atoms with Gasteiger partial charge in [-0.3, -0.25) is 0 Å². The van der Waals surface area contributed by atoms with Crippen molar-refractivity contribution in [1.29, 1.82) is 0 Å². The first-order chi connectivity index (χ1) is 29.1. The van der Waals surface area contributed by atoms with Gasteiger partial charge in [0.15, 0.2) is 0 Å². The number of ether oxygens (including phenoxy) is 2. The smallest absolute Gasteiger partial charge is 0.109 e. The molecule has 18 heteroatoms. The predicted octanol–water partition coefficient (Wildman–Crippen LogP) is -4.32. The van der Waals surface area contributed by atoms with Crippen LogP contribution in [0.2, 0.25) is 0 Å². The van der Waals surface area contributed by atoms with Gasteiger partial charge in [0.05, 0.1) is 61.0 Å². The highest BCUT2D eigenvalue weighted by molar-refractivity contribution is 5.06. The number of rotatable bonds is 13. The maximum absolute atomic E-state index is 11.6. The van der Waals surface area contributed by atoms with E-state index in [9.17, 15) is 81.7 Å². The molecule has 61 heavy (non-hydrogen) atoms. The van der Waals surface area contributed by atoms with E-state index >= 15 is 0 Å². The topological polar surface area (TPSA) is 342 Å². The number of aliphatic hydroxyl groups excluding tert-OH is 16. The molecule has 356 valence electrons. The molecule has 3 unspecified atom stereocenters. The average Bonchev–Trinajstić information content (AvgIpc) is 3.25. The van der Waals surface area contributed by atoms with Crippen molar-refractivity contribution < 1.29 is 91.2 Å². The second-order valence-electron chi connectivity index (χ2n) is 20.0. The molecule has 0 radical (unpaired) electrons. The Hall–Kier alpha value is -0.720. The lowest BCUT2D eigenvalue weighted by atomic mass is 9.56. The van der Waals surface area contributed by atoms with Crippen LogP contribution in [0, 0.1) is 76.9 Å². The zero-order valence-corrected chi connectivity index (χ0v) is 35.2. The molecule has 6 fully saturated rings. The van der Waals surface area contributed by atoms with Gasteiger partial charge in [-0.25, -0.2) is 0 Å². The van der Waals surface area contributed by atoms with Gasteiger partial charge in [0.25, 0.3) is 0 Å². The van der Waals surface area contributed by atoms with Crippen LogP contribution in [0.4, 0.5) is 0 Å². The van der Waals surface area contributed by atoms with Crippen molar-refractivity contribution >= 4 is 0 Å². The van der Waals surface area contributed by atoms with Gasteiger partial charge < -0.3 is 91.2 Å². The third-order valence-electron chi connectivity index (χ3n) is 16.9. The van der Waals surface area contributed by atoms with Gasteiger partial charge in [0, 0.05) is 51.5 Å². The molecule has 18 nitrogen and oxygen atoms in total. The van der Waals surface area contributed by atoms with Crippen LogP contribution in [-0.4, -0.2) is 207 Å². The summed E-state index contributed by atoms with van der Waals surface area (Å²) < 4.78 is 12.4. The van der Waals surface area contributed by atoms with Crippen molar-refractivity contribution in [1.82, 2.24) is 0 Å². The van der Waals surface area contributed by atoms with Crippen LogP contribution in [0.15, 0.2) is 0 Å². The molecule has 6 aliphatic carbocycles. The summed E-state index contributed by atoms with van der Waals surface area (Å²) in [7, 11) is 0. The summed E-state index contributed by atoms with van der Waals surface area (Å²) >= 11 is 0. The van der Waals surface area contributed by atoms with Crippen molar-refractivity contribution in [3.63, 3.8) is 0 Å². The Morgan fingerprint density at radius 3 is 1.39 bits per heavy atom. The van der Waals surface area contributed by atoms with E-state index in [-0.39, 0.29) is 69.2 Å². The minimum atomic E-state index is -1.72. The van der Waals surface area contributed by atoms with Crippen molar-refractivity contribution in [2.24, 2.45) is 76.9 Å². The molecule has 0 aromatic heterocycles. The highest BCUT2D eigenvalue weighted by atomic mass is 16.5. The Kier molecular flexibility index (Phi) is 17.3. The summed E-state index contributed by atoms with van der Waals surface area (Å²) in [4.78, 5) is 0. The first kappa shape index (κ1) is 49.7. The lowest BCUT2D eigenvalue weighted by Crippen LogP contribution is -2.64. The summed E-state index contributed by atoms with van der Waals surface area (Å²) in [5.74, 6) is -7.76. The predicted molar refractivity (Wildman–Crippen MR) is 213 cm³/mol. The molecule has 0 heterocycles. The number of hydrogen-bond acceptors (Lipinski definition) is 18. The fourth-order valence-electron chi connectivity index (χ4n) is 13.4. The van der Waals surface area contributed by atoms with Gasteiger partial charge in [-0.15, -0.1) is 0 Å². The van der Waals surface area contributed by atoms with E-state index in [4.69, 9.17) is 9.47 Å². The van der Waals surface area contributed by atoms with Gasteiger partial charge in [-0.1, -0.05) is 13.3 Å². The summed E-state index contributed by atoms with van der Waals surface area (Å²) in [6.45, 7) is -0.477. The summed E-state index contributed by atoms with van der Waals surface area (Å²) in [6, 6.07) is 0. The van der Waals surface area contributed by atoms with Crippen molar-refractivity contribution in [3.05, 3.63) is 0 Å². The van der Waals surface area contributed by atoms with E-state index in [0.29, 0.717) is 32.1 Å². The van der Waals surface area contributed by atoms with Crippen molar-refractivity contribution in [3.8, 4) is 0 Å². The normalized spacial score (nSPS) is 53.8. The molecule has 0 saturated heterocycles. The van der Waals surface area contributed by atoms with Crippen LogP contribution in [0.25, 0.3) is 0 Å². The van der Waals surface area contributed by atoms with Gasteiger partial charge in [-0.2, -0.15) is 0 Å². The maximum Gasteiger partial charge on any atom is 0.109 e. The van der Waals surface area contributed by atoms with Crippen molar-refractivity contribution in [2.75, 3.05) is 39.6 Å². The molecule has 6 aliphatic rings. The third kappa shape index (κ3) is 9.74. The SMILES string of the molecule is C[C@@H]1[C@@H](CO)C[C@H](C2[C@@H](CO)C[C@H](O[C@@H]3[C@@H](CO)C[C@H](O[C@@H]4[C@@H](CO)CC([C@@H]5[C@@H](CO)C[C@H](C6[C@@H](CO)CCC[C@H]6O)[C@H](O)[C@H]5O)[C@H](O)[C@H]4O)[C@H](O)[C@H]3O)[C@H](O)[C@H]2O)C[C@H]1O. The summed E-state index contributed by atoms with van der Waals surface area (Å²) in [5.41, 5.74) is 0. The molecule has 6 rings (SSSR count). The van der Waals surface area contributed by atoms with E-state index in [2.05, 4.69) is 0 Å². The monoisotopic (exact) mass is 881 g/mol. The lowest BCUT2D eigenvalue weighted by molar-refractivity contribution is -0.262. The Morgan fingerprint density at radius 2 is 0.820 bits per heavy atom. The Labute approximate surface area is 357 Å². The van der Waals surface area contributed by atoms with Gasteiger partial charge in [-0.05, 0) is 116 Å². The highest BCUT2D eigenvalue weighted by Crippen LogP contribution is 2.51. The standard InChI is InChI=1S/C43H76O18/c1-17-20(12-45)5-19(8-28(17)51)31-22(14-47)9-29(36(54)38(31)56)60-43-24(16-49)10-30(37(55)41(43)59)61-42-23(15-48)7-26(35(53)40(42)58)33-21(13-46)6-25(34(52)39(33)57)32-18(11-44)3-2-4-27(32)50/h17-59H,2-16H2,1H3/t17-,18-,19+,20-,21-,22-,23-,24-,25-,26?,27-,28-,29+,30+,31?,32?,33+,34+,35+,36+,37+,38+,39+,40-,41-,42-,43-/m1/s1. The molecular weight excluding hydrogens is 804 g/mol. The quantitative estimate of drug-likeness (QED) is 0.0832. The van der Waals surface area contributed by atoms with E-state index in [1.165, 1.54) is 0 Å². The lowest BCUT2D eigenvalue weighted by Gasteiger charge is -2.54. The van der Waals surface area contributed by atoms with Gasteiger partial charge >= 0.3 is 0 Å². The molecular formula is C43H76O18. The largest absolute Gasteiger partial charge is 0.396 e. The Balaban J connectivity index is 1.12. The first-order valence-electron chi connectivity index (χ1n) is 22.8. The van der Waals surface area contributed by atoms with Crippen LogP contribution in [0.3, 0.4) is 0 Å². The fourth-order valence-corrected chi connectivity index (χ4v) is 13.4. The Morgan fingerprint density at radius 1 is 0.377 bits per heavy atom. The van der Waals surface area contributed by atoms with E-state index in [1.54, 1.807) is 0 Å². The van der Waals surface area contributed by atoms with Gasteiger partial charge in [0.1, 0.15) is 24.4 Å². The molecule has 16 N–H and O–H groups in total. The molecule has 27 atom stereocenters. The molecule has 0 bridgehead atoms. The number of aliphatic hydroxyl groups is 16. The minimum Gasteiger partial charge on any atom is -0.396 e. The van der Waals surface area contributed by atoms with Crippen LogP contribution in [-0.2, 0) is 9.47 Å². The van der Waals surface area contributed by atoms with Crippen LogP contribution < -0.4 is 0 Å². The second kappa shape index (κ2) is 21.3. The van der Waals surface area contributed by atoms with Crippen LogP contribution in [0.1, 0.15) is 64.7 Å². The Bertz CT molecular complexity index is 1340. The van der Waals surface area contributed by atoms with Gasteiger partial charge in [0.2, 0.25) is 0 Å². The summed E-state index contributed by atoms with van der Waals surface area (Å²) in [6.07, 6.45) is -16.4. The zero-order valence-electron chi connectivity index (χ0n) is 35.2. The molecule has 0 aliphatic heterocycles. The van der Waals surface area contributed by atoms with E-state index < -0.39 is 159 Å². The fraction of sp³-hybridized carbons (Fsp3) is 1.00. The molecule has 0 spiro atoms. The van der Waals surface area contributed by atoms with Crippen LogP contribution in [0.5, 0.6) is 0 Å². The molecule has 0 aromatic rings. The zero-order chi connectivity index (χ0) is 44.6. The van der Waals surface area contributed by atoms with Crippen molar-refractivity contribution in [2.45, 2.75) is 150 Å². The third-order valence-corrected chi connectivity index (χ3v) is 16.9. The van der Waals surface area contributed by atoms with E-state index in [0.717, 1.165) is 0 Å². The molecule has 0 amide bonds. The maximum atomic E-state index is 11.6. The molecule has 6 saturated carbocycles. The highest BCUT2D eigenvalue weighted by Gasteiger charge is 2.58. The van der Waals surface area contributed by atoms with E-state index in [1.807, 2.05) is 6.92 Å². The number of hydrogen-bond donors (Lipinski definition) is 16. The van der Waals surface area contributed by atoms with Crippen LogP contribution >= 0.6 is 0 Å². The summed E-state index contributed by atoms with van der Waals surface area (Å²) in [5, 5.41) is 176. The first-order valence-corrected chi connectivity index (χ1v) is 22.8. The average molecular weight is 881 g/mol.